The lowest BCUT2D eigenvalue weighted by Gasteiger charge is -2.14. The number of pyridine rings is 1. The highest BCUT2D eigenvalue weighted by atomic mass is 15.2. The topological polar surface area (TPSA) is 60.0 Å². The Labute approximate surface area is 107 Å². The zero-order chi connectivity index (χ0) is 12.4. The number of imidazole rings is 1. The van der Waals surface area contributed by atoms with Crippen LogP contribution in [-0.2, 0) is 6.54 Å². The number of likely N-dealkylation sites (tertiary alicyclic amines) is 1. The van der Waals surface area contributed by atoms with E-state index in [1.807, 2.05) is 6.07 Å². The van der Waals surface area contributed by atoms with Gasteiger partial charge in [-0.15, -0.1) is 0 Å². The van der Waals surface area contributed by atoms with Crippen LogP contribution in [0.1, 0.15) is 19.3 Å². The van der Waals surface area contributed by atoms with Gasteiger partial charge in [0.05, 0.1) is 11.7 Å². The predicted octanol–water partition coefficient (Wildman–Crippen LogP) is 1.50. The molecule has 0 spiro atoms. The summed E-state index contributed by atoms with van der Waals surface area (Å²) in [6.45, 7) is 4.60. The zero-order valence-electron chi connectivity index (χ0n) is 10.5. The van der Waals surface area contributed by atoms with Crippen molar-refractivity contribution >= 4 is 17.0 Å². The summed E-state index contributed by atoms with van der Waals surface area (Å²) in [5.41, 5.74) is 7.93. The number of nitrogens with two attached hydrogens (primary N) is 1. The molecule has 1 saturated heterocycles. The fraction of sp³-hybridized carbons (Fsp3) is 0.538. The molecule has 0 saturated carbocycles. The van der Waals surface area contributed by atoms with Crippen LogP contribution in [0.15, 0.2) is 18.5 Å². The molecule has 96 valence electrons. The standard InChI is InChI=1S/C13H19N5/c14-13-16-11-10-15-5-4-12(11)18(13)9-3-8-17-6-1-2-7-17/h4-5,10H,1-3,6-9H2,(H2,14,16). The number of hydrogen-bond donors (Lipinski definition) is 1. The molecule has 2 aromatic heterocycles. The Morgan fingerprint density at radius 3 is 2.89 bits per heavy atom. The molecule has 0 aromatic carbocycles. The Kier molecular flexibility index (Phi) is 3.15. The second kappa shape index (κ2) is 4.94. The zero-order valence-corrected chi connectivity index (χ0v) is 10.5. The molecule has 2 N–H and O–H groups in total. The first-order valence-corrected chi connectivity index (χ1v) is 6.63. The van der Waals surface area contributed by atoms with Crippen molar-refractivity contribution in [2.45, 2.75) is 25.8 Å². The van der Waals surface area contributed by atoms with Gasteiger partial charge in [-0.1, -0.05) is 0 Å². The molecule has 0 aliphatic carbocycles. The van der Waals surface area contributed by atoms with Crippen LogP contribution in [0, 0.1) is 0 Å². The summed E-state index contributed by atoms with van der Waals surface area (Å²) in [5.74, 6) is 0.597. The Hall–Kier alpha value is -1.62. The molecule has 1 aliphatic heterocycles. The first-order valence-electron chi connectivity index (χ1n) is 6.63. The average molecular weight is 245 g/mol. The van der Waals surface area contributed by atoms with Crippen molar-refractivity contribution in [1.82, 2.24) is 19.4 Å². The maximum absolute atomic E-state index is 5.96. The molecule has 5 heteroatoms. The maximum Gasteiger partial charge on any atom is 0.201 e. The van der Waals surface area contributed by atoms with Gasteiger partial charge >= 0.3 is 0 Å². The highest BCUT2D eigenvalue weighted by Gasteiger charge is 2.12. The number of nitrogen functional groups attached to an aromatic ring is 1. The van der Waals surface area contributed by atoms with E-state index in [2.05, 4.69) is 19.4 Å². The first-order chi connectivity index (χ1) is 8.84. The second-order valence-electron chi connectivity index (χ2n) is 4.89. The van der Waals surface area contributed by atoms with E-state index < -0.39 is 0 Å². The molecule has 1 fully saturated rings. The molecular formula is C13H19N5. The lowest BCUT2D eigenvalue weighted by Crippen LogP contribution is -2.21. The Morgan fingerprint density at radius 2 is 2.06 bits per heavy atom. The van der Waals surface area contributed by atoms with Crippen molar-refractivity contribution < 1.29 is 0 Å². The summed E-state index contributed by atoms with van der Waals surface area (Å²) in [6.07, 6.45) is 7.38. The predicted molar refractivity (Wildman–Crippen MR) is 72.2 cm³/mol. The van der Waals surface area contributed by atoms with Crippen molar-refractivity contribution in [1.29, 1.82) is 0 Å². The summed E-state index contributed by atoms with van der Waals surface area (Å²) >= 11 is 0. The molecule has 0 radical (unpaired) electrons. The largest absolute Gasteiger partial charge is 0.369 e. The van der Waals surface area contributed by atoms with Crippen LogP contribution < -0.4 is 5.73 Å². The third-order valence-electron chi connectivity index (χ3n) is 3.63. The van der Waals surface area contributed by atoms with Gasteiger partial charge in [0.2, 0.25) is 5.95 Å². The number of aryl methyl sites for hydroxylation is 1. The molecule has 5 nitrogen and oxygen atoms in total. The number of hydrogen-bond acceptors (Lipinski definition) is 4. The van der Waals surface area contributed by atoms with Crippen LogP contribution in [0.5, 0.6) is 0 Å². The van der Waals surface area contributed by atoms with Crippen molar-refractivity contribution in [3.63, 3.8) is 0 Å². The Morgan fingerprint density at radius 1 is 1.22 bits per heavy atom. The SMILES string of the molecule is Nc1nc2cnccc2n1CCCN1CCCC1. The number of aromatic nitrogens is 3. The van der Waals surface area contributed by atoms with Gasteiger partial charge in [-0.2, -0.15) is 0 Å². The number of rotatable bonds is 4. The quantitative estimate of drug-likeness (QED) is 0.886. The normalized spacial score (nSPS) is 16.7. The van der Waals surface area contributed by atoms with Crippen molar-refractivity contribution in [2.75, 3.05) is 25.4 Å². The van der Waals surface area contributed by atoms with E-state index in [1.54, 1.807) is 12.4 Å². The molecule has 0 atom stereocenters. The van der Waals surface area contributed by atoms with Gasteiger partial charge in [0.15, 0.2) is 0 Å². The third-order valence-corrected chi connectivity index (χ3v) is 3.63. The van der Waals surface area contributed by atoms with Crippen LogP contribution >= 0.6 is 0 Å². The summed E-state index contributed by atoms with van der Waals surface area (Å²) in [6, 6.07) is 1.98. The van der Waals surface area contributed by atoms with Crippen LogP contribution in [-0.4, -0.2) is 39.1 Å². The molecule has 0 bridgehead atoms. The molecule has 3 rings (SSSR count). The molecule has 1 aliphatic rings. The van der Waals surface area contributed by atoms with E-state index in [0.717, 1.165) is 30.5 Å². The Balaban J connectivity index is 1.68. The molecule has 0 unspecified atom stereocenters. The van der Waals surface area contributed by atoms with Crippen molar-refractivity contribution in [3.8, 4) is 0 Å². The summed E-state index contributed by atoms with van der Waals surface area (Å²) in [4.78, 5) is 10.9. The van der Waals surface area contributed by atoms with Crippen LogP contribution in [0.4, 0.5) is 5.95 Å². The third kappa shape index (κ3) is 2.18. The first kappa shape index (κ1) is 11.5. The average Bonchev–Trinajstić information content (AvgIpc) is 2.98. The van der Waals surface area contributed by atoms with Crippen LogP contribution in [0.3, 0.4) is 0 Å². The van der Waals surface area contributed by atoms with Crippen molar-refractivity contribution in [3.05, 3.63) is 18.5 Å². The highest BCUT2D eigenvalue weighted by molar-refractivity contribution is 5.76. The van der Waals surface area contributed by atoms with Gasteiger partial charge in [0.1, 0.15) is 5.52 Å². The van der Waals surface area contributed by atoms with Gasteiger partial charge in [-0.05, 0) is 45.0 Å². The summed E-state index contributed by atoms with van der Waals surface area (Å²) in [5, 5.41) is 0. The lowest BCUT2D eigenvalue weighted by molar-refractivity contribution is 0.326. The van der Waals surface area contributed by atoms with Crippen molar-refractivity contribution in [2.24, 2.45) is 0 Å². The Bertz CT molecular complexity index is 527. The molecule has 18 heavy (non-hydrogen) atoms. The molecule has 3 heterocycles. The molecule has 2 aromatic rings. The van der Waals surface area contributed by atoms with Gasteiger partial charge in [-0.3, -0.25) is 4.98 Å². The highest BCUT2D eigenvalue weighted by Crippen LogP contribution is 2.17. The van der Waals surface area contributed by atoms with E-state index >= 15 is 0 Å². The van der Waals surface area contributed by atoms with Crippen LogP contribution in [0.2, 0.25) is 0 Å². The molecule has 0 amide bonds. The van der Waals surface area contributed by atoms with E-state index in [4.69, 9.17) is 5.73 Å². The van der Waals surface area contributed by atoms with Gasteiger partial charge in [0.25, 0.3) is 0 Å². The summed E-state index contributed by atoms with van der Waals surface area (Å²) < 4.78 is 2.09. The summed E-state index contributed by atoms with van der Waals surface area (Å²) in [7, 11) is 0. The smallest absolute Gasteiger partial charge is 0.201 e. The van der Waals surface area contributed by atoms with E-state index in [1.165, 1.54) is 25.9 Å². The maximum atomic E-state index is 5.96. The van der Waals surface area contributed by atoms with Gasteiger partial charge in [0, 0.05) is 12.7 Å². The van der Waals surface area contributed by atoms with E-state index in [9.17, 15) is 0 Å². The van der Waals surface area contributed by atoms with Crippen LogP contribution in [0.25, 0.3) is 11.0 Å². The second-order valence-corrected chi connectivity index (χ2v) is 4.89. The fourth-order valence-electron chi connectivity index (χ4n) is 2.69. The lowest BCUT2D eigenvalue weighted by atomic mass is 10.3. The van der Waals surface area contributed by atoms with E-state index in [0.29, 0.717) is 5.95 Å². The molecular weight excluding hydrogens is 226 g/mol. The van der Waals surface area contributed by atoms with Gasteiger partial charge < -0.3 is 15.2 Å². The van der Waals surface area contributed by atoms with Gasteiger partial charge in [-0.25, -0.2) is 4.98 Å². The number of nitrogens with zero attached hydrogens (tertiary/aromatic N) is 4. The fourth-order valence-corrected chi connectivity index (χ4v) is 2.69. The minimum absolute atomic E-state index is 0.597. The minimum Gasteiger partial charge on any atom is -0.369 e. The monoisotopic (exact) mass is 245 g/mol. The minimum atomic E-state index is 0.597. The number of anilines is 1. The van der Waals surface area contributed by atoms with E-state index in [-0.39, 0.29) is 0 Å². The number of fused-ring (bicyclic) bond motifs is 1.